The molecule has 1 amide bonds. The van der Waals surface area contributed by atoms with Crippen LogP contribution in [0, 0.1) is 0 Å². The number of nitrogens with two attached hydrogens (primary N) is 1. The SMILES string of the molecule is Nc1ccc(NC(=O)c2cccc(Cl)c2)c(Br)c1. The van der Waals surface area contributed by atoms with Crippen molar-refractivity contribution in [3.63, 3.8) is 0 Å². The van der Waals surface area contributed by atoms with Crippen molar-refractivity contribution in [1.82, 2.24) is 0 Å². The number of hydrogen-bond donors (Lipinski definition) is 2. The predicted octanol–water partition coefficient (Wildman–Crippen LogP) is 3.94. The third-order valence-corrected chi connectivity index (χ3v) is 3.22. The molecule has 2 aromatic carbocycles. The highest BCUT2D eigenvalue weighted by Gasteiger charge is 2.08. The fourth-order valence-electron chi connectivity index (χ4n) is 1.46. The molecule has 0 aliphatic rings. The Morgan fingerprint density at radius 2 is 2.00 bits per heavy atom. The molecule has 2 rings (SSSR count). The second kappa shape index (κ2) is 5.42. The number of nitrogen functional groups attached to an aromatic ring is 1. The van der Waals surface area contributed by atoms with Gasteiger partial charge in [0.2, 0.25) is 0 Å². The average Bonchev–Trinajstić information content (AvgIpc) is 2.32. The van der Waals surface area contributed by atoms with Crippen LogP contribution in [0.15, 0.2) is 46.9 Å². The van der Waals surface area contributed by atoms with Crippen LogP contribution in [0.2, 0.25) is 5.02 Å². The number of amides is 1. The number of hydrogen-bond acceptors (Lipinski definition) is 2. The first-order valence-electron chi connectivity index (χ1n) is 5.18. The number of rotatable bonds is 2. The van der Waals surface area contributed by atoms with E-state index in [0.29, 0.717) is 22.0 Å². The summed E-state index contributed by atoms with van der Waals surface area (Å²) in [5, 5.41) is 3.31. The zero-order valence-corrected chi connectivity index (χ0v) is 11.6. The zero-order valence-electron chi connectivity index (χ0n) is 9.28. The summed E-state index contributed by atoms with van der Waals surface area (Å²) in [5.41, 5.74) is 7.42. The van der Waals surface area contributed by atoms with Crippen molar-refractivity contribution in [3.05, 3.63) is 57.5 Å². The van der Waals surface area contributed by atoms with E-state index in [1.165, 1.54) is 0 Å². The van der Waals surface area contributed by atoms with Crippen LogP contribution in [0.5, 0.6) is 0 Å². The van der Waals surface area contributed by atoms with Gasteiger partial charge in [0.1, 0.15) is 0 Å². The van der Waals surface area contributed by atoms with Gasteiger partial charge in [-0.15, -0.1) is 0 Å². The Bertz CT molecular complexity index is 601. The molecule has 0 aromatic heterocycles. The summed E-state index contributed by atoms with van der Waals surface area (Å²) < 4.78 is 0.734. The van der Waals surface area contributed by atoms with Gasteiger partial charge >= 0.3 is 0 Å². The summed E-state index contributed by atoms with van der Waals surface area (Å²) in [7, 11) is 0. The summed E-state index contributed by atoms with van der Waals surface area (Å²) in [6.07, 6.45) is 0. The molecule has 2 aromatic rings. The molecule has 3 N–H and O–H groups in total. The van der Waals surface area contributed by atoms with Crippen molar-refractivity contribution >= 4 is 44.8 Å². The topological polar surface area (TPSA) is 55.1 Å². The van der Waals surface area contributed by atoms with Gasteiger partial charge in [-0.3, -0.25) is 4.79 Å². The second-order valence-corrected chi connectivity index (χ2v) is 4.99. The summed E-state index contributed by atoms with van der Waals surface area (Å²) in [6, 6.07) is 12.0. The van der Waals surface area contributed by atoms with E-state index in [-0.39, 0.29) is 5.91 Å². The standard InChI is InChI=1S/C13H10BrClN2O/c14-11-7-10(16)4-5-12(11)17-13(18)8-2-1-3-9(15)6-8/h1-7H,16H2,(H,17,18). The van der Waals surface area contributed by atoms with E-state index in [1.54, 1.807) is 42.5 Å². The van der Waals surface area contributed by atoms with Gasteiger partial charge in [-0.1, -0.05) is 17.7 Å². The Hall–Kier alpha value is -1.52. The van der Waals surface area contributed by atoms with Crippen LogP contribution >= 0.6 is 27.5 Å². The van der Waals surface area contributed by atoms with Crippen LogP contribution in [0.4, 0.5) is 11.4 Å². The number of benzene rings is 2. The van der Waals surface area contributed by atoms with E-state index < -0.39 is 0 Å². The lowest BCUT2D eigenvalue weighted by Gasteiger charge is -2.08. The minimum Gasteiger partial charge on any atom is -0.399 e. The highest BCUT2D eigenvalue weighted by molar-refractivity contribution is 9.10. The summed E-state index contributed by atoms with van der Waals surface area (Å²) in [6.45, 7) is 0. The van der Waals surface area contributed by atoms with Crippen LogP contribution in [0.1, 0.15) is 10.4 Å². The number of anilines is 2. The first kappa shape index (κ1) is 12.9. The molecule has 92 valence electrons. The van der Waals surface area contributed by atoms with E-state index in [0.717, 1.165) is 4.47 Å². The van der Waals surface area contributed by atoms with E-state index in [4.69, 9.17) is 17.3 Å². The third kappa shape index (κ3) is 3.03. The van der Waals surface area contributed by atoms with Crippen molar-refractivity contribution in [2.45, 2.75) is 0 Å². The minimum absolute atomic E-state index is 0.219. The number of carbonyl (C=O) groups is 1. The van der Waals surface area contributed by atoms with E-state index in [2.05, 4.69) is 21.2 Å². The Kier molecular flexibility index (Phi) is 3.89. The summed E-state index contributed by atoms with van der Waals surface area (Å²) in [5.74, 6) is -0.219. The normalized spacial score (nSPS) is 10.1. The van der Waals surface area contributed by atoms with Crippen LogP contribution < -0.4 is 11.1 Å². The molecule has 0 bridgehead atoms. The Labute approximate surface area is 118 Å². The second-order valence-electron chi connectivity index (χ2n) is 3.70. The molecule has 18 heavy (non-hydrogen) atoms. The first-order valence-corrected chi connectivity index (χ1v) is 6.35. The molecule has 0 spiro atoms. The zero-order chi connectivity index (χ0) is 13.1. The van der Waals surface area contributed by atoms with Crippen molar-refractivity contribution in [1.29, 1.82) is 0 Å². The summed E-state index contributed by atoms with van der Waals surface area (Å²) in [4.78, 5) is 12.0. The third-order valence-electron chi connectivity index (χ3n) is 2.33. The Morgan fingerprint density at radius 3 is 2.67 bits per heavy atom. The molecular weight excluding hydrogens is 316 g/mol. The van der Waals surface area contributed by atoms with Gasteiger partial charge in [0.25, 0.3) is 5.91 Å². The number of carbonyl (C=O) groups excluding carboxylic acids is 1. The monoisotopic (exact) mass is 324 g/mol. The van der Waals surface area contributed by atoms with Crippen LogP contribution in [0.3, 0.4) is 0 Å². The van der Waals surface area contributed by atoms with Crippen LogP contribution in [0.25, 0.3) is 0 Å². The highest BCUT2D eigenvalue weighted by atomic mass is 79.9. The average molecular weight is 326 g/mol. The van der Waals surface area contributed by atoms with Crippen molar-refractivity contribution in [3.8, 4) is 0 Å². The van der Waals surface area contributed by atoms with E-state index in [9.17, 15) is 4.79 Å². The maximum atomic E-state index is 12.0. The molecule has 0 radical (unpaired) electrons. The fourth-order valence-corrected chi connectivity index (χ4v) is 2.14. The quantitative estimate of drug-likeness (QED) is 0.822. The molecule has 0 saturated carbocycles. The van der Waals surface area contributed by atoms with Crippen molar-refractivity contribution < 1.29 is 4.79 Å². The Morgan fingerprint density at radius 1 is 1.22 bits per heavy atom. The van der Waals surface area contributed by atoms with Gasteiger partial charge in [0.05, 0.1) is 5.69 Å². The van der Waals surface area contributed by atoms with Crippen LogP contribution in [-0.4, -0.2) is 5.91 Å². The van der Waals surface area contributed by atoms with E-state index in [1.807, 2.05) is 0 Å². The molecule has 0 atom stereocenters. The Balaban J connectivity index is 2.21. The molecule has 0 aliphatic heterocycles. The maximum absolute atomic E-state index is 12.0. The molecule has 0 heterocycles. The molecular formula is C13H10BrClN2O. The highest BCUT2D eigenvalue weighted by Crippen LogP contribution is 2.25. The summed E-state index contributed by atoms with van der Waals surface area (Å²) >= 11 is 9.18. The minimum atomic E-state index is -0.219. The first-order chi connectivity index (χ1) is 8.56. The maximum Gasteiger partial charge on any atom is 0.255 e. The predicted molar refractivity (Wildman–Crippen MR) is 78.0 cm³/mol. The van der Waals surface area contributed by atoms with Gasteiger partial charge in [0, 0.05) is 20.7 Å². The lowest BCUT2D eigenvalue weighted by Crippen LogP contribution is -2.12. The molecule has 5 heteroatoms. The van der Waals surface area contributed by atoms with Crippen LogP contribution in [-0.2, 0) is 0 Å². The lowest BCUT2D eigenvalue weighted by atomic mass is 10.2. The lowest BCUT2D eigenvalue weighted by molar-refractivity contribution is 0.102. The van der Waals surface area contributed by atoms with Gasteiger partial charge in [-0.25, -0.2) is 0 Å². The fraction of sp³-hybridized carbons (Fsp3) is 0. The molecule has 0 aliphatic carbocycles. The number of halogens is 2. The van der Waals surface area contributed by atoms with Crippen molar-refractivity contribution in [2.24, 2.45) is 0 Å². The molecule has 0 fully saturated rings. The molecule has 3 nitrogen and oxygen atoms in total. The largest absolute Gasteiger partial charge is 0.399 e. The van der Waals surface area contributed by atoms with Gasteiger partial charge in [0.15, 0.2) is 0 Å². The molecule has 0 unspecified atom stereocenters. The van der Waals surface area contributed by atoms with Gasteiger partial charge in [-0.05, 0) is 52.3 Å². The smallest absolute Gasteiger partial charge is 0.255 e. The van der Waals surface area contributed by atoms with Gasteiger partial charge < -0.3 is 11.1 Å². The van der Waals surface area contributed by atoms with Crippen molar-refractivity contribution in [2.75, 3.05) is 11.1 Å². The van der Waals surface area contributed by atoms with Gasteiger partial charge in [-0.2, -0.15) is 0 Å². The number of nitrogens with one attached hydrogen (secondary N) is 1. The van der Waals surface area contributed by atoms with E-state index >= 15 is 0 Å². The molecule has 0 saturated heterocycles.